The summed E-state index contributed by atoms with van der Waals surface area (Å²) in [5.74, 6) is 1.01. The fourth-order valence-electron chi connectivity index (χ4n) is 2.81. The molecule has 0 saturated carbocycles. The second-order valence-electron chi connectivity index (χ2n) is 6.72. The van der Waals surface area contributed by atoms with E-state index in [0.29, 0.717) is 13.0 Å². The first-order chi connectivity index (χ1) is 12.2. The van der Waals surface area contributed by atoms with Crippen molar-refractivity contribution in [3.05, 3.63) is 18.2 Å². The Hall–Kier alpha value is -1.36. The molecule has 1 aromatic rings. The van der Waals surface area contributed by atoms with E-state index < -0.39 is 0 Å². The van der Waals surface area contributed by atoms with Crippen LogP contribution in [0.3, 0.4) is 0 Å². The van der Waals surface area contributed by atoms with Crippen molar-refractivity contribution in [2.45, 2.75) is 84.6 Å². The molecule has 0 atom stereocenters. The van der Waals surface area contributed by atoms with Crippen LogP contribution in [0.1, 0.15) is 77.0 Å². The van der Waals surface area contributed by atoms with Gasteiger partial charge in [-0.05, 0) is 39.3 Å². The largest absolute Gasteiger partial charge is 0.466 e. The molecular weight excluding hydrogens is 314 g/mol. The summed E-state index contributed by atoms with van der Waals surface area (Å²) < 4.78 is 7.44. The van der Waals surface area contributed by atoms with Crippen LogP contribution in [0.4, 0.5) is 0 Å². The highest BCUT2D eigenvalue weighted by Gasteiger charge is 2.02. The number of aromatic nitrogens is 2. The monoisotopic (exact) mass is 351 g/mol. The molecule has 0 radical (unpaired) electrons. The average Bonchev–Trinajstić information content (AvgIpc) is 3.01. The van der Waals surface area contributed by atoms with E-state index in [9.17, 15) is 4.79 Å². The van der Waals surface area contributed by atoms with E-state index in [1.165, 1.54) is 38.5 Å². The number of hydrogen-bond donors (Lipinski definition) is 1. The Morgan fingerprint density at radius 2 is 1.80 bits per heavy atom. The van der Waals surface area contributed by atoms with E-state index in [1.54, 1.807) is 0 Å². The fourth-order valence-corrected chi connectivity index (χ4v) is 2.81. The van der Waals surface area contributed by atoms with E-state index in [2.05, 4.69) is 21.8 Å². The maximum absolute atomic E-state index is 11.6. The van der Waals surface area contributed by atoms with Crippen molar-refractivity contribution in [1.82, 2.24) is 14.9 Å². The van der Waals surface area contributed by atoms with Crippen molar-refractivity contribution in [2.75, 3.05) is 19.7 Å². The second-order valence-corrected chi connectivity index (χ2v) is 6.72. The zero-order valence-corrected chi connectivity index (χ0v) is 16.3. The maximum atomic E-state index is 11.6. The summed E-state index contributed by atoms with van der Waals surface area (Å²) in [5, 5.41) is 3.38. The molecule has 0 bridgehead atoms. The zero-order valence-electron chi connectivity index (χ0n) is 16.3. The number of aryl methyl sites for hydroxylation is 2. The molecule has 1 aromatic heterocycles. The van der Waals surface area contributed by atoms with E-state index in [-0.39, 0.29) is 5.97 Å². The van der Waals surface area contributed by atoms with E-state index in [0.717, 1.165) is 44.7 Å². The van der Waals surface area contributed by atoms with Crippen LogP contribution in [0.2, 0.25) is 0 Å². The molecule has 1 heterocycles. The van der Waals surface area contributed by atoms with Gasteiger partial charge in [0.25, 0.3) is 0 Å². The van der Waals surface area contributed by atoms with Gasteiger partial charge in [-0.3, -0.25) is 4.79 Å². The summed E-state index contributed by atoms with van der Waals surface area (Å²) in [4.78, 5) is 15.8. The predicted molar refractivity (Wildman–Crippen MR) is 103 cm³/mol. The Morgan fingerprint density at radius 3 is 2.52 bits per heavy atom. The molecule has 0 aromatic carbocycles. The van der Waals surface area contributed by atoms with Gasteiger partial charge in [-0.25, -0.2) is 4.98 Å². The number of nitrogens with zero attached hydrogens (tertiary/aromatic N) is 2. The van der Waals surface area contributed by atoms with Crippen molar-refractivity contribution in [3.63, 3.8) is 0 Å². The Bertz CT molecular complexity index is 446. The lowest BCUT2D eigenvalue weighted by Crippen LogP contribution is -2.19. The first-order valence-electron chi connectivity index (χ1n) is 10.1. The van der Waals surface area contributed by atoms with Gasteiger partial charge in [0.2, 0.25) is 0 Å². The first kappa shape index (κ1) is 21.7. The molecule has 0 aliphatic carbocycles. The van der Waals surface area contributed by atoms with Crippen LogP contribution in [-0.2, 0) is 16.1 Å². The molecule has 0 fully saturated rings. The van der Waals surface area contributed by atoms with Gasteiger partial charge in [-0.2, -0.15) is 0 Å². The quantitative estimate of drug-likeness (QED) is 0.357. The van der Waals surface area contributed by atoms with Crippen LogP contribution >= 0.6 is 0 Å². The van der Waals surface area contributed by atoms with Gasteiger partial charge in [-0.1, -0.05) is 45.4 Å². The van der Waals surface area contributed by atoms with E-state index in [1.807, 2.05) is 19.3 Å². The number of carbonyl (C=O) groups excluding carboxylic acids is 1. The molecule has 0 saturated heterocycles. The number of ether oxygens (including phenoxy) is 1. The molecule has 0 spiro atoms. The number of esters is 1. The van der Waals surface area contributed by atoms with Gasteiger partial charge in [0, 0.05) is 25.4 Å². The number of hydrogen-bond acceptors (Lipinski definition) is 4. The molecule has 1 rings (SSSR count). The molecule has 0 aliphatic heterocycles. The highest BCUT2D eigenvalue weighted by atomic mass is 16.5. The molecule has 5 nitrogen and oxygen atoms in total. The topological polar surface area (TPSA) is 56.1 Å². The number of nitrogens with one attached hydrogen (secondary N) is 1. The minimum atomic E-state index is -0.0539. The van der Waals surface area contributed by atoms with Crippen molar-refractivity contribution in [3.8, 4) is 0 Å². The fraction of sp³-hybridized carbons (Fsp3) is 0.800. The number of rotatable bonds is 16. The average molecular weight is 352 g/mol. The summed E-state index contributed by atoms with van der Waals surface area (Å²) in [5.41, 5.74) is 0. The summed E-state index contributed by atoms with van der Waals surface area (Å²) in [7, 11) is 0. The van der Waals surface area contributed by atoms with Gasteiger partial charge < -0.3 is 14.6 Å². The van der Waals surface area contributed by atoms with Crippen LogP contribution < -0.4 is 5.32 Å². The van der Waals surface area contributed by atoms with Gasteiger partial charge in [0.1, 0.15) is 5.82 Å². The van der Waals surface area contributed by atoms with Gasteiger partial charge in [0.15, 0.2) is 0 Å². The van der Waals surface area contributed by atoms with Crippen molar-refractivity contribution in [2.24, 2.45) is 0 Å². The van der Waals surface area contributed by atoms with Crippen LogP contribution in [0.25, 0.3) is 0 Å². The SMILES string of the molecule is CCCCCCCCCOC(=O)CCCNCCCn1ccnc1C. The molecule has 144 valence electrons. The molecule has 0 unspecified atom stereocenters. The molecule has 1 N–H and O–H groups in total. The number of unbranched alkanes of at least 4 members (excludes halogenated alkanes) is 6. The third-order valence-corrected chi connectivity index (χ3v) is 4.42. The summed E-state index contributed by atoms with van der Waals surface area (Å²) in [6.45, 7) is 7.66. The summed E-state index contributed by atoms with van der Waals surface area (Å²) in [6.07, 6.45) is 15.0. The Balaban J connectivity index is 1.82. The van der Waals surface area contributed by atoms with Crippen molar-refractivity contribution < 1.29 is 9.53 Å². The van der Waals surface area contributed by atoms with Crippen LogP contribution in [-0.4, -0.2) is 35.2 Å². The third kappa shape index (κ3) is 11.8. The lowest BCUT2D eigenvalue weighted by molar-refractivity contribution is -0.143. The van der Waals surface area contributed by atoms with E-state index in [4.69, 9.17) is 4.74 Å². The van der Waals surface area contributed by atoms with E-state index >= 15 is 0 Å². The van der Waals surface area contributed by atoms with Crippen LogP contribution in [0.5, 0.6) is 0 Å². The number of carbonyl (C=O) groups is 1. The second kappa shape index (κ2) is 14.9. The van der Waals surface area contributed by atoms with Crippen LogP contribution in [0.15, 0.2) is 12.4 Å². The van der Waals surface area contributed by atoms with Crippen molar-refractivity contribution >= 4 is 5.97 Å². The highest BCUT2D eigenvalue weighted by molar-refractivity contribution is 5.69. The van der Waals surface area contributed by atoms with Gasteiger partial charge in [0.05, 0.1) is 6.61 Å². The third-order valence-electron chi connectivity index (χ3n) is 4.42. The maximum Gasteiger partial charge on any atom is 0.305 e. The zero-order chi connectivity index (χ0) is 18.2. The van der Waals surface area contributed by atoms with Gasteiger partial charge in [-0.15, -0.1) is 0 Å². The Morgan fingerprint density at radius 1 is 1.08 bits per heavy atom. The predicted octanol–water partition coefficient (Wildman–Crippen LogP) is 4.25. The summed E-state index contributed by atoms with van der Waals surface area (Å²) in [6, 6.07) is 0. The highest BCUT2D eigenvalue weighted by Crippen LogP contribution is 2.07. The lowest BCUT2D eigenvalue weighted by Gasteiger charge is -2.07. The molecule has 0 amide bonds. The Labute approximate surface area is 153 Å². The molecule has 5 heteroatoms. The minimum absolute atomic E-state index is 0.0539. The summed E-state index contributed by atoms with van der Waals surface area (Å²) >= 11 is 0. The standard InChI is InChI=1S/C20H37N3O2/c1-3-4-5-6-7-8-9-18-25-20(24)12-10-13-21-14-11-16-23-17-15-22-19(23)2/h15,17,21H,3-14,16,18H2,1-2H3. The minimum Gasteiger partial charge on any atom is -0.466 e. The smallest absolute Gasteiger partial charge is 0.305 e. The van der Waals surface area contributed by atoms with Gasteiger partial charge >= 0.3 is 5.97 Å². The van der Waals surface area contributed by atoms with Crippen LogP contribution in [0, 0.1) is 6.92 Å². The Kier molecular flexibility index (Phi) is 13.0. The molecule has 25 heavy (non-hydrogen) atoms. The number of imidazole rings is 1. The normalized spacial score (nSPS) is 11.0. The molecule has 0 aliphatic rings. The molecular formula is C20H37N3O2. The lowest BCUT2D eigenvalue weighted by atomic mass is 10.1. The first-order valence-corrected chi connectivity index (χ1v) is 10.1. The van der Waals surface area contributed by atoms with Crippen molar-refractivity contribution in [1.29, 1.82) is 0 Å².